The second-order valence-electron chi connectivity index (χ2n) is 8.09. The summed E-state index contributed by atoms with van der Waals surface area (Å²) in [5, 5.41) is 0. The molecule has 0 saturated carbocycles. The third-order valence-electron chi connectivity index (χ3n) is 3.53. The van der Waals surface area contributed by atoms with Crippen molar-refractivity contribution in [1.29, 1.82) is 0 Å². The van der Waals surface area contributed by atoms with Gasteiger partial charge in [-0.1, -0.05) is 18.2 Å². The number of carbonyl (C=O) groups is 2. The molecule has 0 aliphatic rings. The van der Waals surface area contributed by atoms with Crippen LogP contribution in [-0.4, -0.2) is 38.2 Å². The average molecular weight is 349 g/mol. The van der Waals surface area contributed by atoms with Gasteiger partial charge in [-0.15, -0.1) is 0 Å². The topological polar surface area (TPSA) is 55.8 Å². The summed E-state index contributed by atoms with van der Waals surface area (Å²) in [5.74, 6) is -0.445. The average Bonchev–Trinajstić information content (AvgIpc) is 2.52. The van der Waals surface area contributed by atoms with Gasteiger partial charge in [0.15, 0.2) is 0 Å². The lowest BCUT2D eigenvalue weighted by atomic mass is 9.97. The molecule has 0 saturated heterocycles. The molecule has 140 valence electrons. The van der Waals surface area contributed by atoms with E-state index in [-0.39, 0.29) is 25.2 Å². The van der Waals surface area contributed by atoms with Crippen molar-refractivity contribution in [1.82, 2.24) is 0 Å². The van der Waals surface area contributed by atoms with Gasteiger partial charge in [0.25, 0.3) is 0 Å². The number of hydrogen-bond donors (Lipinski definition) is 0. The zero-order valence-electron chi connectivity index (χ0n) is 16.3. The van der Waals surface area contributed by atoms with Gasteiger partial charge in [0.2, 0.25) is 0 Å². The Balaban J connectivity index is 2.60. The van der Waals surface area contributed by atoms with Crippen molar-refractivity contribution >= 4 is 17.6 Å². The van der Waals surface area contributed by atoms with Crippen LogP contribution >= 0.6 is 0 Å². The lowest BCUT2D eigenvalue weighted by Gasteiger charge is -2.26. The molecule has 5 nitrogen and oxygen atoms in total. The van der Waals surface area contributed by atoms with E-state index in [1.807, 2.05) is 76.8 Å². The molecule has 0 radical (unpaired) electrons. The molecule has 1 aromatic carbocycles. The van der Waals surface area contributed by atoms with Gasteiger partial charge in [0, 0.05) is 5.69 Å². The summed E-state index contributed by atoms with van der Waals surface area (Å²) in [6, 6.07) is 9.81. The molecule has 0 aromatic heterocycles. The number of para-hydroxylation sites is 1. The normalized spacial score (nSPS) is 11.8. The van der Waals surface area contributed by atoms with Crippen molar-refractivity contribution in [3.8, 4) is 0 Å². The van der Waals surface area contributed by atoms with Crippen LogP contribution in [-0.2, 0) is 19.1 Å². The minimum atomic E-state index is -0.514. The maximum absolute atomic E-state index is 11.9. The summed E-state index contributed by atoms with van der Waals surface area (Å²) in [7, 11) is 0. The molecule has 1 aromatic rings. The van der Waals surface area contributed by atoms with Crippen LogP contribution < -0.4 is 4.90 Å². The van der Waals surface area contributed by atoms with E-state index < -0.39 is 10.8 Å². The lowest BCUT2D eigenvalue weighted by molar-refractivity contribution is -0.152. The number of carbonyl (C=O) groups excluding carboxylic acids is 2. The van der Waals surface area contributed by atoms with E-state index in [0.717, 1.165) is 5.69 Å². The Morgan fingerprint density at radius 3 is 1.56 bits per heavy atom. The van der Waals surface area contributed by atoms with Crippen molar-refractivity contribution in [2.24, 2.45) is 10.8 Å². The second kappa shape index (κ2) is 8.88. The molecule has 0 unspecified atom stereocenters. The Morgan fingerprint density at radius 2 is 1.20 bits per heavy atom. The molecular formula is C20H31NO4. The van der Waals surface area contributed by atoms with E-state index in [4.69, 9.17) is 9.47 Å². The monoisotopic (exact) mass is 349 g/mol. The van der Waals surface area contributed by atoms with Gasteiger partial charge in [-0.2, -0.15) is 0 Å². The lowest BCUT2D eigenvalue weighted by Crippen LogP contribution is -2.34. The van der Waals surface area contributed by atoms with E-state index in [1.165, 1.54) is 0 Å². The zero-order valence-corrected chi connectivity index (χ0v) is 16.3. The molecule has 0 N–H and O–H groups in total. The summed E-state index contributed by atoms with van der Waals surface area (Å²) >= 11 is 0. The fraction of sp³-hybridized carbons (Fsp3) is 0.600. The van der Waals surface area contributed by atoms with Crippen LogP contribution in [0.2, 0.25) is 0 Å². The van der Waals surface area contributed by atoms with Crippen LogP contribution in [0.3, 0.4) is 0 Å². The van der Waals surface area contributed by atoms with Gasteiger partial charge in [0.05, 0.1) is 23.9 Å². The summed E-state index contributed by atoms with van der Waals surface area (Å²) in [6.07, 6.45) is 0. The maximum atomic E-state index is 11.9. The fourth-order valence-electron chi connectivity index (χ4n) is 1.94. The van der Waals surface area contributed by atoms with Gasteiger partial charge in [0.1, 0.15) is 13.2 Å². The molecule has 1 rings (SSSR count). The SMILES string of the molecule is CC(C)(C)C(=O)OCCN(CCOC(=O)C(C)(C)C)c1ccccc1. The minimum absolute atomic E-state index is 0.223. The molecule has 0 fully saturated rings. The molecule has 0 heterocycles. The molecule has 0 amide bonds. The maximum Gasteiger partial charge on any atom is 0.311 e. The first-order chi connectivity index (χ1) is 11.5. The van der Waals surface area contributed by atoms with Gasteiger partial charge in [-0.05, 0) is 53.7 Å². The predicted octanol–water partition coefficient (Wildman–Crippen LogP) is 3.67. The van der Waals surface area contributed by atoms with E-state index in [2.05, 4.69) is 0 Å². The number of rotatable bonds is 7. The van der Waals surface area contributed by atoms with Crippen LogP contribution in [0, 0.1) is 10.8 Å². The highest BCUT2D eigenvalue weighted by Crippen LogP contribution is 2.17. The number of esters is 2. The van der Waals surface area contributed by atoms with E-state index in [1.54, 1.807) is 0 Å². The standard InChI is InChI=1S/C20H31NO4/c1-19(2,3)17(22)24-14-12-21(16-10-8-7-9-11-16)13-15-25-18(23)20(4,5)6/h7-11H,12-15H2,1-6H3. The van der Waals surface area contributed by atoms with E-state index in [0.29, 0.717) is 13.1 Å². The highest BCUT2D eigenvalue weighted by atomic mass is 16.5. The first-order valence-corrected chi connectivity index (χ1v) is 8.66. The van der Waals surface area contributed by atoms with E-state index in [9.17, 15) is 9.59 Å². The molecule has 0 bridgehead atoms. The number of benzene rings is 1. The fourth-order valence-corrected chi connectivity index (χ4v) is 1.94. The van der Waals surface area contributed by atoms with Crippen LogP contribution in [0.5, 0.6) is 0 Å². The minimum Gasteiger partial charge on any atom is -0.463 e. The van der Waals surface area contributed by atoms with Gasteiger partial charge in [-0.25, -0.2) is 0 Å². The van der Waals surface area contributed by atoms with Crippen LogP contribution in [0.4, 0.5) is 5.69 Å². The first kappa shape index (κ1) is 21.0. The van der Waals surface area contributed by atoms with Gasteiger partial charge in [-0.3, -0.25) is 9.59 Å². The highest BCUT2D eigenvalue weighted by Gasteiger charge is 2.24. The number of hydrogen-bond acceptors (Lipinski definition) is 5. The van der Waals surface area contributed by atoms with Crippen LogP contribution in [0.25, 0.3) is 0 Å². The van der Waals surface area contributed by atoms with E-state index >= 15 is 0 Å². The Bertz CT molecular complexity index is 523. The molecule has 0 spiro atoms. The molecule has 25 heavy (non-hydrogen) atoms. The molecule has 5 heteroatoms. The smallest absolute Gasteiger partial charge is 0.311 e. The Morgan fingerprint density at radius 1 is 0.800 bits per heavy atom. The third kappa shape index (κ3) is 7.59. The summed E-state index contributed by atoms with van der Waals surface area (Å²) < 4.78 is 10.7. The number of anilines is 1. The first-order valence-electron chi connectivity index (χ1n) is 8.66. The molecule has 0 aliphatic carbocycles. The number of ether oxygens (including phenoxy) is 2. The van der Waals surface area contributed by atoms with Crippen molar-refractivity contribution in [2.45, 2.75) is 41.5 Å². The van der Waals surface area contributed by atoms with Crippen LogP contribution in [0.15, 0.2) is 30.3 Å². The highest BCUT2D eigenvalue weighted by molar-refractivity contribution is 5.75. The Hall–Kier alpha value is -2.04. The second-order valence-corrected chi connectivity index (χ2v) is 8.09. The van der Waals surface area contributed by atoms with Crippen LogP contribution in [0.1, 0.15) is 41.5 Å². The van der Waals surface area contributed by atoms with Gasteiger partial charge < -0.3 is 14.4 Å². The third-order valence-corrected chi connectivity index (χ3v) is 3.53. The predicted molar refractivity (Wildman–Crippen MR) is 99.5 cm³/mol. The summed E-state index contributed by atoms with van der Waals surface area (Å²) in [4.78, 5) is 25.8. The molecule has 0 aliphatic heterocycles. The molecular weight excluding hydrogens is 318 g/mol. The zero-order chi connectivity index (χ0) is 19.1. The van der Waals surface area contributed by atoms with Crippen molar-refractivity contribution in [3.63, 3.8) is 0 Å². The largest absolute Gasteiger partial charge is 0.463 e. The Labute approximate surface area is 151 Å². The van der Waals surface area contributed by atoms with Crippen molar-refractivity contribution in [2.75, 3.05) is 31.2 Å². The van der Waals surface area contributed by atoms with Crippen molar-refractivity contribution < 1.29 is 19.1 Å². The quantitative estimate of drug-likeness (QED) is 0.703. The number of nitrogens with zero attached hydrogens (tertiary/aromatic N) is 1. The summed E-state index contributed by atoms with van der Waals surface area (Å²) in [6.45, 7) is 12.6. The Kier molecular flexibility index (Phi) is 7.46. The van der Waals surface area contributed by atoms with Crippen molar-refractivity contribution in [3.05, 3.63) is 30.3 Å². The van der Waals surface area contributed by atoms with Gasteiger partial charge >= 0.3 is 11.9 Å². The molecule has 0 atom stereocenters. The summed E-state index contributed by atoms with van der Waals surface area (Å²) in [5.41, 5.74) is -0.0271.